The van der Waals surface area contributed by atoms with Gasteiger partial charge in [-0.1, -0.05) is 6.07 Å². The van der Waals surface area contributed by atoms with Gasteiger partial charge in [-0.15, -0.1) is 0 Å². The molecule has 8 heteroatoms. The van der Waals surface area contributed by atoms with E-state index in [0.717, 1.165) is 0 Å². The van der Waals surface area contributed by atoms with Crippen LogP contribution in [0.2, 0.25) is 0 Å². The quantitative estimate of drug-likeness (QED) is 0.486. The molecule has 2 rings (SSSR count). The standard InChI is InChI=1S/C19H25N2O5P/c1-5-25-27(23,26-6-2)18(13-21-16-8-7-9-20-12-16)15-10-14(3)19(22)17(11-15)24-4/h7-13,18,22H,5-6H2,1-4H3. The molecule has 7 nitrogen and oxygen atoms in total. The maximum absolute atomic E-state index is 13.5. The zero-order valence-corrected chi connectivity index (χ0v) is 16.8. The van der Waals surface area contributed by atoms with Crippen LogP contribution in [0.1, 0.15) is 30.6 Å². The first kappa shape index (κ1) is 21.1. The van der Waals surface area contributed by atoms with Crippen molar-refractivity contribution in [3.8, 4) is 11.5 Å². The van der Waals surface area contributed by atoms with Gasteiger partial charge in [-0.3, -0.25) is 14.5 Å². The normalized spacial score (nSPS) is 13.0. The number of nitrogens with zero attached hydrogens (tertiary/aromatic N) is 2. The molecule has 1 atom stereocenters. The highest BCUT2D eigenvalue weighted by molar-refractivity contribution is 7.55. The van der Waals surface area contributed by atoms with Crippen molar-refractivity contribution in [2.45, 2.75) is 26.4 Å². The number of rotatable bonds is 9. The summed E-state index contributed by atoms with van der Waals surface area (Å²) in [6.45, 7) is 5.70. The van der Waals surface area contributed by atoms with E-state index in [0.29, 0.717) is 16.8 Å². The van der Waals surface area contributed by atoms with Gasteiger partial charge in [-0.05, 0) is 50.1 Å². The fourth-order valence-electron chi connectivity index (χ4n) is 2.60. The molecule has 2 aromatic rings. The Kier molecular flexibility index (Phi) is 7.54. The Morgan fingerprint density at radius 1 is 1.30 bits per heavy atom. The molecule has 0 bridgehead atoms. The van der Waals surface area contributed by atoms with Crippen molar-refractivity contribution >= 4 is 19.5 Å². The van der Waals surface area contributed by atoms with Crippen molar-refractivity contribution in [1.82, 2.24) is 4.98 Å². The summed E-state index contributed by atoms with van der Waals surface area (Å²) in [4.78, 5) is 8.42. The van der Waals surface area contributed by atoms with Crippen LogP contribution in [0.3, 0.4) is 0 Å². The Morgan fingerprint density at radius 3 is 2.56 bits per heavy atom. The maximum atomic E-state index is 13.5. The van der Waals surface area contributed by atoms with E-state index in [-0.39, 0.29) is 24.7 Å². The Hall–Kier alpha value is -2.21. The topological polar surface area (TPSA) is 90.2 Å². The zero-order chi connectivity index (χ0) is 19.9. The first-order valence-corrected chi connectivity index (χ1v) is 10.3. The van der Waals surface area contributed by atoms with Gasteiger partial charge >= 0.3 is 7.60 Å². The minimum Gasteiger partial charge on any atom is -0.504 e. The summed E-state index contributed by atoms with van der Waals surface area (Å²) in [5.41, 5.74) is 1.04. The molecule has 0 saturated carbocycles. The van der Waals surface area contributed by atoms with Crippen LogP contribution in [-0.2, 0) is 13.6 Å². The van der Waals surface area contributed by atoms with Crippen LogP contribution < -0.4 is 4.74 Å². The third-order valence-corrected chi connectivity index (χ3v) is 6.17. The van der Waals surface area contributed by atoms with E-state index in [1.807, 2.05) is 0 Å². The number of ether oxygens (including phenoxy) is 1. The molecular weight excluding hydrogens is 367 g/mol. The molecule has 0 spiro atoms. The van der Waals surface area contributed by atoms with Gasteiger partial charge in [0.15, 0.2) is 11.5 Å². The van der Waals surface area contributed by atoms with Gasteiger partial charge < -0.3 is 18.9 Å². The lowest BCUT2D eigenvalue weighted by Crippen LogP contribution is -2.09. The largest absolute Gasteiger partial charge is 0.504 e. The number of hydrogen-bond donors (Lipinski definition) is 1. The van der Waals surface area contributed by atoms with Gasteiger partial charge in [-0.25, -0.2) is 0 Å². The minimum absolute atomic E-state index is 0.0341. The highest BCUT2D eigenvalue weighted by atomic mass is 31.2. The molecule has 1 N–H and O–H groups in total. The number of phenols is 1. The Morgan fingerprint density at radius 2 is 2.00 bits per heavy atom. The van der Waals surface area contributed by atoms with Gasteiger partial charge in [0, 0.05) is 12.4 Å². The lowest BCUT2D eigenvalue weighted by Gasteiger charge is -2.24. The van der Waals surface area contributed by atoms with Crippen molar-refractivity contribution < 1.29 is 23.5 Å². The summed E-state index contributed by atoms with van der Waals surface area (Å²) < 4.78 is 29.8. The van der Waals surface area contributed by atoms with Gasteiger partial charge in [0.1, 0.15) is 5.66 Å². The van der Waals surface area contributed by atoms with E-state index in [1.165, 1.54) is 13.3 Å². The summed E-state index contributed by atoms with van der Waals surface area (Å²) in [7, 11) is -2.10. The number of aliphatic imine (C=N–C) groups is 1. The third-order valence-electron chi connectivity index (χ3n) is 3.82. The number of benzene rings is 1. The van der Waals surface area contributed by atoms with Crippen molar-refractivity contribution in [1.29, 1.82) is 0 Å². The molecular formula is C19H25N2O5P. The average molecular weight is 392 g/mol. The molecule has 1 heterocycles. The van der Waals surface area contributed by atoms with E-state index >= 15 is 0 Å². The molecule has 146 valence electrons. The molecule has 0 radical (unpaired) electrons. The maximum Gasteiger partial charge on any atom is 0.343 e. The Labute approximate surface area is 159 Å². The smallest absolute Gasteiger partial charge is 0.343 e. The number of phenolic OH excluding ortho intramolecular Hbond substituents is 1. The van der Waals surface area contributed by atoms with Crippen LogP contribution in [-0.4, -0.2) is 36.6 Å². The molecule has 0 amide bonds. The number of aryl methyl sites for hydroxylation is 1. The summed E-state index contributed by atoms with van der Waals surface area (Å²) in [6, 6.07) is 6.89. The van der Waals surface area contributed by atoms with E-state index in [4.69, 9.17) is 13.8 Å². The Balaban J connectivity index is 2.57. The minimum atomic E-state index is -3.56. The highest BCUT2D eigenvalue weighted by Crippen LogP contribution is 2.61. The Bertz CT molecular complexity index is 816. The monoisotopic (exact) mass is 392 g/mol. The van der Waals surface area contributed by atoms with E-state index in [9.17, 15) is 9.67 Å². The molecule has 0 aliphatic heterocycles. The second-order valence-electron chi connectivity index (χ2n) is 5.70. The third kappa shape index (κ3) is 5.16. The fourth-order valence-corrected chi connectivity index (χ4v) is 4.45. The zero-order valence-electron chi connectivity index (χ0n) is 16.0. The summed E-state index contributed by atoms with van der Waals surface area (Å²) in [5, 5.41) is 10.1. The molecule has 0 fully saturated rings. The number of pyridine rings is 1. The van der Waals surface area contributed by atoms with Crippen LogP contribution in [0.25, 0.3) is 0 Å². The second-order valence-corrected chi connectivity index (χ2v) is 7.85. The molecule has 1 aromatic carbocycles. The number of aromatic nitrogens is 1. The van der Waals surface area contributed by atoms with Crippen molar-refractivity contribution in [2.75, 3.05) is 20.3 Å². The van der Waals surface area contributed by atoms with Crippen LogP contribution >= 0.6 is 7.60 Å². The summed E-state index contributed by atoms with van der Waals surface area (Å²) >= 11 is 0. The molecule has 0 aliphatic rings. The average Bonchev–Trinajstić information content (AvgIpc) is 2.65. The molecule has 0 saturated heterocycles. The van der Waals surface area contributed by atoms with E-state index in [2.05, 4.69) is 9.98 Å². The van der Waals surface area contributed by atoms with Crippen molar-refractivity contribution in [2.24, 2.45) is 4.99 Å². The SMILES string of the molecule is CCOP(=O)(OCC)C(C=Nc1cccnc1)c1cc(C)c(O)c(OC)c1. The molecule has 1 unspecified atom stereocenters. The molecule has 1 aromatic heterocycles. The van der Waals surface area contributed by atoms with Crippen LogP contribution in [0.5, 0.6) is 11.5 Å². The van der Waals surface area contributed by atoms with Gasteiger partial charge in [0.05, 0.1) is 32.2 Å². The molecule has 27 heavy (non-hydrogen) atoms. The first-order chi connectivity index (χ1) is 12.9. The highest BCUT2D eigenvalue weighted by Gasteiger charge is 2.36. The van der Waals surface area contributed by atoms with Gasteiger partial charge in [0.25, 0.3) is 0 Å². The lowest BCUT2D eigenvalue weighted by molar-refractivity contribution is 0.217. The number of hydrogen-bond acceptors (Lipinski definition) is 7. The number of methoxy groups -OCH3 is 1. The van der Waals surface area contributed by atoms with Crippen molar-refractivity contribution in [3.63, 3.8) is 0 Å². The van der Waals surface area contributed by atoms with Gasteiger partial charge in [0.2, 0.25) is 0 Å². The first-order valence-electron chi connectivity index (χ1n) is 8.65. The lowest BCUT2D eigenvalue weighted by atomic mass is 10.1. The van der Waals surface area contributed by atoms with E-state index in [1.54, 1.807) is 57.4 Å². The van der Waals surface area contributed by atoms with Crippen molar-refractivity contribution in [3.05, 3.63) is 47.8 Å². The van der Waals surface area contributed by atoms with Gasteiger partial charge in [-0.2, -0.15) is 0 Å². The van der Waals surface area contributed by atoms with E-state index < -0.39 is 13.3 Å². The van der Waals surface area contributed by atoms with Crippen LogP contribution in [0.4, 0.5) is 5.69 Å². The van der Waals surface area contributed by atoms with Crippen LogP contribution in [0, 0.1) is 6.92 Å². The predicted molar refractivity (Wildman–Crippen MR) is 105 cm³/mol. The summed E-state index contributed by atoms with van der Waals surface area (Å²) in [5.74, 6) is 0.316. The van der Waals surface area contributed by atoms with Crippen LogP contribution in [0.15, 0.2) is 41.7 Å². The fraction of sp³-hybridized carbons (Fsp3) is 0.368. The second kappa shape index (κ2) is 9.65. The summed E-state index contributed by atoms with van der Waals surface area (Å²) in [6.07, 6.45) is 4.78. The molecule has 0 aliphatic carbocycles. The number of aromatic hydroxyl groups is 1. The predicted octanol–water partition coefficient (Wildman–Crippen LogP) is 4.81.